The van der Waals surface area contributed by atoms with E-state index in [-0.39, 0.29) is 11.7 Å². The zero-order chi connectivity index (χ0) is 22.8. The maximum atomic E-state index is 13.4. The second-order valence-corrected chi connectivity index (χ2v) is 8.77. The van der Waals surface area contributed by atoms with Gasteiger partial charge >= 0.3 is 0 Å². The number of carbonyl (C=O) groups is 1. The smallest absolute Gasteiger partial charge is 0.239 e. The van der Waals surface area contributed by atoms with Gasteiger partial charge in [-0.3, -0.25) is 4.79 Å². The highest BCUT2D eigenvalue weighted by atomic mass is 32.2. The van der Waals surface area contributed by atoms with E-state index < -0.39 is 16.9 Å². The molecule has 164 valence electrons. The molecule has 0 saturated heterocycles. The van der Waals surface area contributed by atoms with Gasteiger partial charge in [0, 0.05) is 16.5 Å². The average molecular weight is 477 g/mol. The molecule has 2 aromatic heterocycles. The van der Waals surface area contributed by atoms with Gasteiger partial charge in [-0.05, 0) is 49.4 Å². The fraction of sp³-hybridized carbons (Fsp3) is 0.100. The molecule has 4 aromatic rings. The van der Waals surface area contributed by atoms with Crippen LogP contribution in [0, 0.1) is 17.5 Å². The van der Waals surface area contributed by atoms with Gasteiger partial charge in [-0.2, -0.15) is 0 Å². The summed E-state index contributed by atoms with van der Waals surface area (Å²) in [5.41, 5.74) is 1.39. The fourth-order valence-electron chi connectivity index (χ4n) is 2.69. The molecule has 0 aliphatic heterocycles. The summed E-state index contributed by atoms with van der Waals surface area (Å²) in [6.45, 7) is 1.66. The van der Waals surface area contributed by atoms with Crippen LogP contribution in [0.1, 0.15) is 6.92 Å². The average Bonchev–Trinajstić information content (AvgIpc) is 3.38. The van der Waals surface area contributed by atoms with E-state index in [0.29, 0.717) is 32.9 Å². The van der Waals surface area contributed by atoms with Crippen LogP contribution in [-0.2, 0) is 4.79 Å². The summed E-state index contributed by atoms with van der Waals surface area (Å²) >= 11 is 2.24. The molecule has 1 amide bonds. The lowest BCUT2D eigenvalue weighted by Crippen LogP contribution is -2.23. The Kier molecular flexibility index (Phi) is 6.15. The molecular formula is C20H15F3N6OS2. The Balaban J connectivity index is 1.42. The number of rotatable bonds is 6. The van der Waals surface area contributed by atoms with Crippen molar-refractivity contribution in [3.05, 3.63) is 65.3 Å². The summed E-state index contributed by atoms with van der Waals surface area (Å²) in [4.78, 5) is 16.8. The molecule has 0 saturated carbocycles. The zero-order valence-electron chi connectivity index (χ0n) is 16.4. The number of hydrogen-bond donors (Lipinski definition) is 2. The van der Waals surface area contributed by atoms with Crippen molar-refractivity contribution >= 4 is 34.1 Å². The van der Waals surface area contributed by atoms with Gasteiger partial charge in [0.25, 0.3) is 0 Å². The number of thiazole rings is 1. The Labute approximate surface area is 188 Å². The summed E-state index contributed by atoms with van der Waals surface area (Å²) in [6, 6.07) is 9.10. The van der Waals surface area contributed by atoms with Crippen LogP contribution >= 0.6 is 23.1 Å². The Morgan fingerprint density at radius 2 is 1.81 bits per heavy atom. The van der Waals surface area contributed by atoms with E-state index in [1.165, 1.54) is 35.0 Å². The molecule has 0 spiro atoms. The molecule has 7 nitrogen and oxygen atoms in total. The van der Waals surface area contributed by atoms with Crippen LogP contribution < -0.4 is 11.2 Å². The Bertz CT molecular complexity index is 1270. The molecule has 0 unspecified atom stereocenters. The van der Waals surface area contributed by atoms with Gasteiger partial charge in [0.2, 0.25) is 11.1 Å². The molecule has 0 aliphatic carbocycles. The van der Waals surface area contributed by atoms with E-state index in [4.69, 9.17) is 5.84 Å². The topological polar surface area (TPSA) is 98.7 Å². The van der Waals surface area contributed by atoms with Gasteiger partial charge in [0.05, 0.1) is 10.9 Å². The van der Waals surface area contributed by atoms with E-state index in [2.05, 4.69) is 20.5 Å². The lowest BCUT2D eigenvalue weighted by molar-refractivity contribution is -0.115. The summed E-state index contributed by atoms with van der Waals surface area (Å²) in [6.07, 6.45) is 0. The van der Waals surface area contributed by atoms with Gasteiger partial charge in [0.1, 0.15) is 5.82 Å². The monoisotopic (exact) mass is 476 g/mol. The van der Waals surface area contributed by atoms with Crippen molar-refractivity contribution in [3.63, 3.8) is 0 Å². The second kappa shape index (κ2) is 9.01. The zero-order valence-corrected chi connectivity index (χ0v) is 18.1. The first-order valence-electron chi connectivity index (χ1n) is 9.16. The number of halogens is 3. The number of nitrogens with zero attached hydrogens (tertiary/aromatic N) is 4. The molecule has 2 heterocycles. The van der Waals surface area contributed by atoms with Gasteiger partial charge in [-0.25, -0.2) is 22.8 Å². The van der Waals surface area contributed by atoms with E-state index in [0.717, 1.165) is 35.2 Å². The van der Waals surface area contributed by atoms with E-state index in [1.807, 2.05) is 0 Å². The number of carbonyl (C=O) groups excluding carboxylic acids is 1. The summed E-state index contributed by atoms with van der Waals surface area (Å²) in [5.74, 6) is 3.72. The van der Waals surface area contributed by atoms with Crippen molar-refractivity contribution in [1.29, 1.82) is 0 Å². The van der Waals surface area contributed by atoms with Crippen LogP contribution in [0.15, 0.2) is 53.0 Å². The minimum atomic E-state index is -0.975. The molecule has 12 heteroatoms. The number of nitrogens with two attached hydrogens (primary N) is 1. The largest absolute Gasteiger partial charge is 0.335 e. The van der Waals surface area contributed by atoms with Crippen LogP contribution in [0.2, 0.25) is 0 Å². The van der Waals surface area contributed by atoms with Crippen molar-refractivity contribution < 1.29 is 18.0 Å². The van der Waals surface area contributed by atoms with E-state index >= 15 is 0 Å². The van der Waals surface area contributed by atoms with Crippen molar-refractivity contribution in [2.75, 3.05) is 11.2 Å². The predicted octanol–water partition coefficient (Wildman–Crippen LogP) is 4.32. The number of nitrogen functional groups attached to an aromatic ring is 1. The molecule has 0 aliphatic rings. The number of hydrogen-bond acceptors (Lipinski definition) is 7. The molecule has 3 N–H and O–H groups in total. The third kappa shape index (κ3) is 4.60. The molecule has 0 fully saturated rings. The molecule has 0 radical (unpaired) electrons. The van der Waals surface area contributed by atoms with Crippen molar-refractivity contribution in [2.24, 2.45) is 0 Å². The Hall–Kier alpha value is -3.38. The fourth-order valence-corrected chi connectivity index (χ4v) is 4.18. The van der Waals surface area contributed by atoms with Crippen LogP contribution in [-0.4, -0.2) is 31.0 Å². The lowest BCUT2D eigenvalue weighted by Gasteiger charge is -2.10. The quantitative estimate of drug-likeness (QED) is 0.318. The van der Waals surface area contributed by atoms with E-state index in [1.54, 1.807) is 12.3 Å². The summed E-state index contributed by atoms with van der Waals surface area (Å²) < 4.78 is 40.9. The third-order valence-corrected chi connectivity index (χ3v) is 6.18. The number of benzene rings is 2. The molecule has 1 atom stereocenters. The highest BCUT2D eigenvalue weighted by molar-refractivity contribution is 8.00. The number of nitrogens with one attached hydrogen (secondary N) is 1. The van der Waals surface area contributed by atoms with Crippen LogP contribution in [0.25, 0.3) is 22.6 Å². The summed E-state index contributed by atoms with van der Waals surface area (Å²) in [7, 11) is 0. The number of anilines is 1. The first kappa shape index (κ1) is 21.8. The molecular weight excluding hydrogens is 461 g/mol. The van der Waals surface area contributed by atoms with Crippen LogP contribution in [0.5, 0.6) is 0 Å². The first-order valence-corrected chi connectivity index (χ1v) is 10.9. The highest BCUT2D eigenvalue weighted by Crippen LogP contribution is 2.28. The first-order chi connectivity index (χ1) is 15.3. The maximum Gasteiger partial charge on any atom is 0.239 e. The normalized spacial score (nSPS) is 12.0. The molecule has 4 rings (SSSR count). The number of amides is 1. The summed E-state index contributed by atoms with van der Waals surface area (Å²) in [5, 5.41) is 12.3. The lowest BCUT2D eigenvalue weighted by atomic mass is 10.2. The van der Waals surface area contributed by atoms with Crippen molar-refractivity contribution in [3.8, 4) is 22.6 Å². The van der Waals surface area contributed by atoms with E-state index in [9.17, 15) is 18.0 Å². The number of thioether (sulfide) groups is 1. The Morgan fingerprint density at radius 1 is 1.09 bits per heavy atom. The minimum absolute atomic E-state index is 0.300. The van der Waals surface area contributed by atoms with Crippen molar-refractivity contribution in [2.45, 2.75) is 17.3 Å². The van der Waals surface area contributed by atoms with Crippen LogP contribution in [0.3, 0.4) is 0 Å². The highest BCUT2D eigenvalue weighted by Gasteiger charge is 2.21. The second-order valence-electron chi connectivity index (χ2n) is 6.60. The standard InChI is InChI=1S/C20H15F3N6OS2/c1-10(32-20-28-27-17(29(20)24)11-2-5-13(21)6-3-11)18(30)26-19-25-16(9-31-19)12-4-7-14(22)15(23)8-12/h2-10H,24H2,1H3,(H,25,26,30)/t10-/m1/s1. The molecule has 32 heavy (non-hydrogen) atoms. The third-order valence-electron chi connectivity index (χ3n) is 4.37. The minimum Gasteiger partial charge on any atom is -0.335 e. The van der Waals surface area contributed by atoms with Gasteiger partial charge < -0.3 is 11.2 Å². The van der Waals surface area contributed by atoms with Gasteiger partial charge in [-0.15, -0.1) is 21.5 Å². The maximum absolute atomic E-state index is 13.4. The number of aromatic nitrogens is 4. The SMILES string of the molecule is C[C@@H](Sc1nnc(-c2ccc(F)cc2)n1N)C(=O)Nc1nc(-c2ccc(F)c(F)c2)cs1. The van der Waals surface area contributed by atoms with Crippen LogP contribution in [0.4, 0.5) is 18.3 Å². The predicted molar refractivity (Wildman–Crippen MR) is 117 cm³/mol. The molecule has 2 aromatic carbocycles. The molecule has 0 bridgehead atoms. The van der Waals surface area contributed by atoms with Gasteiger partial charge in [0.15, 0.2) is 22.6 Å². The van der Waals surface area contributed by atoms with Crippen molar-refractivity contribution in [1.82, 2.24) is 19.9 Å². The van der Waals surface area contributed by atoms with Gasteiger partial charge in [-0.1, -0.05) is 11.8 Å². The Morgan fingerprint density at radius 3 is 2.53 bits per heavy atom.